The molecule has 4 nitrogen and oxygen atoms in total. The number of ether oxygens (including phenoxy) is 1. The van der Waals surface area contributed by atoms with Crippen LogP contribution in [0.15, 0.2) is 28.7 Å². The molecule has 2 aromatic rings. The standard InChI is InChI=1S/C13H16N2O2/c1-3-4-5-12-14-15-13(17-12)10-6-8-11(16-2)9-7-10/h6-9H,3-5H2,1-2H3. The number of nitrogens with zero attached hydrogens (tertiary/aromatic N) is 2. The zero-order valence-corrected chi connectivity index (χ0v) is 10.1. The first kappa shape index (κ1) is 11.6. The number of aromatic nitrogens is 2. The van der Waals surface area contributed by atoms with Gasteiger partial charge in [-0.3, -0.25) is 0 Å². The lowest BCUT2D eigenvalue weighted by Gasteiger charge is -1.99. The second-order valence-electron chi connectivity index (χ2n) is 3.83. The van der Waals surface area contributed by atoms with Gasteiger partial charge in [0.2, 0.25) is 11.8 Å². The summed E-state index contributed by atoms with van der Waals surface area (Å²) in [4.78, 5) is 0. The van der Waals surface area contributed by atoms with Crippen molar-refractivity contribution in [1.82, 2.24) is 10.2 Å². The fourth-order valence-electron chi connectivity index (χ4n) is 1.53. The molecule has 0 fully saturated rings. The van der Waals surface area contributed by atoms with E-state index in [0.717, 1.165) is 30.6 Å². The largest absolute Gasteiger partial charge is 0.497 e. The van der Waals surface area contributed by atoms with Crippen LogP contribution in [0.5, 0.6) is 5.75 Å². The van der Waals surface area contributed by atoms with Crippen molar-refractivity contribution in [2.75, 3.05) is 7.11 Å². The third-order valence-electron chi connectivity index (χ3n) is 2.55. The van der Waals surface area contributed by atoms with Gasteiger partial charge in [0, 0.05) is 12.0 Å². The van der Waals surface area contributed by atoms with Gasteiger partial charge in [0.25, 0.3) is 0 Å². The van der Waals surface area contributed by atoms with Gasteiger partial charge in [0.05, 0.1) is 7.11 Å². The first-order valence-corrected chi connectivity index (χ1v) is 5.80. The van der Waals surface area contributed by atoms with Crippen LogP contribution in [0.4, 0.5) is 0 Å². The molecule has 0 spiro atoms. The molecular formula is C13H16N2O2. The third-order valence-corrected chi connectivity index (χ3v) is 2.55. The lowest BCUT2D eigenvalue weighted by atomic mass is 10.2. The highest BCUT2D eigenvalue weighted by molar-refractivity contribution is 5.53. The predicted octanol–water partition coefficient (Wildman–Crippen LogP) is 3.09. The fraction of sp³-hybridized carbons (Fsp3) is 0.385. The number of rotatable bonds is 5. The van der Waals surface area contributed by atoms with Gasteiger partial charge in [-0.25, -0.2) is 0 Å². The molecule has 0 saturated carbocycles. The van der Waals surface area contributed by atoms with Gasteiger partial charge in [-0.2, -0.15) is 0 Å². The highest BCUT2D eigenvalue weighted by atomic mass is 16.5. The highest BCUT2D eigenvalue weighted by Gasteiger charge is 2.07. The summed E-state index contributed by atoms with van der Waals surface area (Å²) in [6, 6.07) is 7.59. The summed E-state index contributed by atoms with van der Waals surface area (Å²) in [5.74, 6) is 2.09. The number of unbranched alkanes of at least 4 members (excludes halogenated alkanes) is 1. The zero-order valence-electron chi connectivity index (χ0n) is 10.1. The maximum atomic E-state index is 5.58. The molecule has 0 aliphatic carbocycles. The van der Waals surface area contributed by atoms with Crippen LogP contribution in [-0.2, 0) is 6.42 Å². The van der Waals surface area contributed by atoms with E-state index >= 15 is 0 Å². The van der Waals surface area contributed by atoms with Gasteiger partial charge in [-0.15, -0.1) is 10.2 Å². The lowest BCUT2D eigenvalue weighted by molar-refractivity contribution is 0.415. The Kier molecular flexibility index (Phi) is 3.75. The Balaban J connectivity index is 2.12. The van der Waals surface area contributed by atoms with Crippen LogP contribution in [0.1, 0.15) is 25.7 Å². The van der Waals surface area contributed by atoms with Crippen molar-refractivity contribution in [1.29, 1.82) is 0 Å². The van der Waals surface area contributed by atoms with E-state index < -0.39 is 0 Å². The van der Waals surface area contributed by atoms with Crippen LogP contribution < -0.4 is 4.74 Å². The molecule has 2 rings (SSSR count). The van der Waals surface area contributed by atoms with Crippen LogP contribution >= 0.6 is 0 Å². The van der Waals surface area contributed by atoms with Crippen LogP contribution in [-0.4, -0.2) is 17.3 Å². The topological polar surface area (TPSA) is 48.2 Å². The monoisotopic (exact) mass is 232 g/mol. The summed E-state index contributed by atoms with van der Waals surface area (Å²) < 4.78 is 10.7. The normalized spacial score (nSPS) is 10.5. The average Bonchev–Trinajstić information content (AvgIpc) is 2.85. The van der Waals surface area contributed by atoms with E-state index in [4.69, 9.17) is 9.15 Å². The molecule has 90 valence electrons. The first-order chi connectivity index (χ1) is 8.33. The molecule has 0 atom stereocenters. The molecule has 0 radical (unpaired) electrons. The van der Waals surface area contributed by atoms with Crippen molar-refractivity contribution < 1.29 is 9.15 Å². The van der Waals surface area contributed by atoms with Gasteiger partial charge in [-0.05, 0) is 30.7 Å². The van der Waals surface area contributed by atoms with Gasteiger partial charge < -0.3 is 9.15 Å². The summed E-state index contributed by atoms with van der Waals surface area (Å²) in [7, 11) is 1.64. The molecule has 1 aromatic heterocycles. The number of methoxy groups -OCH3 is 1. The minimum absolute atomic E-state index is 0.568. The van der Waals surface area contributed by atoms with E-state index in [2.05, 4.69) is 17.1 Å². The first-order valence-electron chi connectivity index (χ1n) is 5.80. The molecule has 1 aromatic carbocycles. The molecule has 0 saturated heterocycles. The number of hydrogen-bond donors (Lipinski definition) is 0. The molecule has 0 N–H and O–H groups in total. The molecule has 0 bridgehead atoms. The number of benzene rings is 1. The zero-order chi connectivity index (χ0) is 12.1. The van der Waals surface area contributed by atoms with E-state index in [-0.39, 0.29) is 0 Å². The molecule has 4 heteroatoms. The Bertz CT molecular complexity index is 463. The Hall–Kier alpha value is -1.84. The van der Waals surface area contributed by atoms with Crippen LogP contribution in [0.3, 0.4) is 0 Å². The fourth-order valence-corrected chi connectivity index (χ4v) is 1.53. The van der Waals surface area contributed by atoms with E-state index in [1.165, 1.54) is 0 Å². The van der Waals surface area contributed by atoms with E-state index in [1.807, 2.05) is 24.3 Å². The predicted molar refractivity (Wildman–Crippen MR) is 64.9 cm³/mol. The summed E-state index contributed by atoms with van der Waals surface area (Å²) in [6.07, 6.45) is 3.05. The Morgan fingerprint density at radius 2 is 1.94 bits per heavy atom. The Morgan fingerprint density at radius 3 is 2.59 bits per heavy atom. The number of aryl methyl sites for hydroxylation is 1. The van der Waals surface area contributed by atoms with Crippen molar-refractivity contribution in [2.24, 2.45) is 0 Å². The molecule has 0 aliphatic heterocycles. The van der Waals surface area contributed by atoms with E-state index in [1.54, 1.807) is 7.11 Å². The van der Waals surface area contributed by atoms with Gasteiger partial charge in [0.1, 0.15) is 5.75 Å². The van der Waals surface area contributed by atoms with Crippen LogP contribution in [0, 0.1) is 0 Å². The lowest BCUT2D eigenvalue weighted by Crippen LogP contribution is -1.83. The van der Waals surface area contributed by atoms with Gasteiger partial charge in [-0.1, -0.05) is 13.3 Å². The summed E-state index contributed by atoms with van der Waals surface area (Å²) in [5.41, 5.74) is 0.918. The molecule has 0 aliphatic rings. The minimum atomic E-state index is 0.568. The van der Waals surface area contributed by atoms with E-state index in [0.29, 0.717) is 11.8 Å². The molecule has 0 amide bonds. The Morgan fingerprint density at radius 1 is 1.18 bits per heavy atom. The molecule has 17 heavy (non-hydrogen) atoms. The van der Waals surface area contributed by atoms with Crippen LogP contribution in [0.25, 0.3) is 11.5 Å². The maximum absolute atomic E-state index is 5.58. The SMILES string of the molecule is CCCCc1nnc(-c2ccc(OC)cc2)o1. The van der Waals surface area contributed by atoms with Crippen molar-refractivity contribution in [3.8, 4) is 17.2 Å². The van der Waals surface area contributed by atoms with Crippen molar-refractivity contribution in [3.63, 3.8) is 0 Å². The Labute approximate surface area is 101 Å². The molecular weight excluding hydrogens is 216 g/mol. The smallest absolute Gasteiger partial charge is 0.247 e. The second kappa shape index (κ2) is 5.48. The molecule has 1 heterocycles. The van der Waals surface area contributed by atoms with E-state index in [9.17, 15) is 0 Å². The second-order valence-corrected chi connectivity index (χ2v) is 3.83. The minimum Gasteiger partial charge on any atom is -0.497 e. The van der Waals surface area contributed by atoms with Crippen molar-refractivity contribution in [3.05, 3.63) is 30.2 Å². The van der Waals surface area contributed by atoms with Crippen molar-refractivity contribution in [2.45, 2.75) is 26.2 Å². The van der Waals surface area contributed by atoms with Crippen LogP contribution in [0.2, 0.25) is 0 Å². The van der Waals surface area contributed by atoms with Gasteiger partial charge >= 0.3 is 0 Å². The van der Waals surface area contributed by atoms with Crippen molar-refractivity contribution >= 4 is 0 Å². The summed E-state index contributed by atoms with van der Waals surface area (Å²) >= 11 is 0. The summed E-state index contributed by atoms with van der Waals surface area (Å²) in [5, 5.41) is 8.06. The molecule has 0 unspecified atom stereocenters. The summed E-state index contributed by atoms with van der Waals surface area (Å²) in [6.45, 7) is 2.14. The quantitative estimate of drug-likeness (QED) is 0.794. The number of hydrogen-bond acceptors (Lipinski definition) is 4. The maximum Gasteiger partial charge on any atom is 0.247 e. The third kappa shape index (κ3) is 2.84. The highest BCUT2D eigenvalue weighted by Crippen LogP contribution is 2.21. The average molecular weight is 232 g/mol. The van der Waals surface area contributed by atoms with Gasteiger partial charge in [0.15, 0.2) is 0 Å².